The fourth-order valence-corrected chi connectivity index (χ4v) is 4.56. The van der Waals surface area contributed by atoms with Gasteiger partial charge in [0.1, 0.15) is 12.4 Å². The lowest BCUT2D eigenvalue weighted by molar-refractivity contribution is 0.143. The van der Waals surface area contributed by atoms with E-state index in [-0.39, 0.29) is 12.6 Å². The van der Waals surface area contributed by atoms with Gasteiger partial charge in [-0.2, -0.15) is 0 Å². The van der Waals surface area contributed by atoms with Crippen molar-refractivity contribution in [3.8, 4) is 5.75 Å². The predicted octanol–water partition coefficient (Wildman–Crippen LogP) is 6.94. The number of anilines is 1. The van der Waals surface area contributed by atoms with Gasteiger partial charge in [0.15, 0.2) is 0 Å². The van der Waals surface area contributed by atoms with Gasteiger partial charge in [-0.3, -0.25) is 4.90 Å². The Balaban J connectivity index is 1.72. The van der Waals surface area contributed by atoms with Crippen LogP contribution >= 0.6 is 27.5 Å². The van der Waals surface area contributed by atoms with E-state index in [4.69, 9.17) is 21.1 Å². The summed E-state index contributed by atoms with van der Waals surface area (Å²) in [6.07, 6.45) is 1.14. The molecule has 3 aromatic carbocycles. The Hall–Kier alpha value is -2.50. The quantitative estimate of drug-likeness (QED) is 0.401. The normalized spacial score (nSPS) is 15.4. The summed E-state index contributed by atoms with van der Waals surface area (Å²) in [5.74, 6) is 0.738. The van der Waals surface area contributed by atoms with Crippen molar-refractivity contribution < 1.29 is 14.3 Å². The highest BCUT2D eigenvalue weighted by atomic mass is 79.9. The Morgan fingerprint density at radius 3 is 2.60 bits per heavy atom. The van der Waals surface area contributed by atoms with Gasteiger partial charge in [0, 0.05) is 5.02 Å². The van der Waals surface area contributed by atoms with Gasteiger partial charge in [-0.05, 0) is 63.7 Å². The number of ether oxygens (including phenoxy) is 2. The summed E-state index contributed by atoms with van der Waals surface area (Å²) in [6, 6.07) is 21.0. The van der Waals surface area contributed by atoms with E-state index in [9.17, 15) is 4.79 Å². The summed E-state index contributed by atoms with van der Waals surface area (Å²) in [7, 11) is 1.63. The molecule has 154 valence electrons. The molecule has 0 saturated carbocycles. The molecule has 4 nitrogen and oxygen atoms in total. The lowest BCUT2D eigenvalue weighted by Gasteiger charge is -2.37. The molecule has 4 rings (SSSR count). The van der Waals surface area contributed by atoms with E-state index in [1.807, 2.05) is 66.7 Å². The van der Waals surface area contributed by atoms with E-state index in [0.29, 0.717) is 5.02 Å². The largest absolute Gasteiger partial charge is 0.496 e. The minimum absolute atomic E-state index is 0.206. The number of nitrogens with zero attached hydrogens (tertiary/aromatic N) is 1. The zero-order valence-corrected chi connectivity index (χ0v) is 18.8. The number of aryl methyl sites for hydroxylation is 1. The van der Waals surface area contributed by atoms with Crippen LogP contribution in [0.25, 0.3) is 0 Å². The molecular formula is C24H21BrClNO3. The molecule has 3 aromatic rings. The zero-order valence-electron chi connectivity index (χ0n) is 16.5. The van der Waals surface area contributed by atoms with Crippen molar-refractivity contribution >= 4 is 39.3 Å². The lowest BCUT2D eigenvalue weighted by atomic mass is 9.91. The summed E-state index contributed by atoms with van der Waals surface area (Å²) in [5.41, 5.74) is 3.69. The summed E-state index contributed by atoms with van der Waals surface area (Å²) in [4.78, 5) is 15.0. The van der Waals surface area contributed by atoms with Gasteiger partial charge in [0.2, 0.25) is 0 Å². The number of rotatable bonds is 4. The van der Waals surface area contributed by atoms with E-state index < -0.39 is 6.09 Å². The molecule has 0 saturated heterocycles. The topological polar surface area (TPSA) is 38.8 Å². The van der Waals surface area contributed by atoms with Gasteiger partial charge in [0.25, 0.3) is 0 Å². The van der Waals surface area contributed by atoms with Gasteiger partial charge in [-0.1, -0.05) is 60.1 Å². The Labute approximate surface area is 189 Å². The molecule has 1 unspecified atom stereocenters. The van der Waals surface area contributed by atoms with E-state index in [1.54, 1.807) is 12.0 Å². The van der Waals surface area contributed by atoms with Gasteiger partial charge in [0.05, 0.1) is 23.3 Å². The number of methoxy groups -OCH3 is 1. The third kappa shape index (κ3) is 4.18. The van der Waals surface area contributed by atoms with Crippen molar-refractivity contribution in [2.24, 2.45) is 0 Å². The number of carbonyl (C=O) groups excluding carboxylic acids is 1. The average Bonchev–Trinajstić information content (AvgIpc) is 2.77. The van der Waals surface area contributed by atoms with Gasteiger partial charge >= 0.3 is 6.09 Å². The number of benzene rings is 3. The smallest absolute Gasteiger partial charge is 0.415 e. The molecule has 0 radical (unpaired) electrons. The molecule has 0 aromatic heterocycles. The van der Waals surface area contributed by atoms with E-state index in [1.165, 1.54) is 0 Å². The molecule has 1 amide bonds. The molecule has 0 bridgehead atoms. The van der Waals surface area contributed by atoms with Crippen molar-refractivity contribution in [1.82, 2.24) is 0 Å². The maximum atomic E-state index is 13.3. The molecule has 1 aliphatic rings. The van der Waals surface area contributed by atoms with Crippen LogP contribution in [0.3, 0.4) is 0 Å². The van der Waals surface area contributed by atoms with Crippen molar-refractivity contribution in [3.05, 3.63) is 92.9 Å². The third-order valence-corrected chi connectivity index (χ3v) is 6.24. The number of carbonyl (C=O) groups is 1. The highest BCUT2D eigenvalue weighted by molar-refractivity contribution is 9.10. The molecule has 30 heavy (non-hydrogen) atoms. The molecule has 0 aliphatic carbocycles. The average molecular weight is 487 g/mol. The number of fused-ring (bicyclic) bond motifs is 1. The number of hydrogen-bond acceptors (Lipinski definition) is 3. The summed E-state index contributed by atoms with van der Waals surface area (Å²) in [6.45, 7) is 0.206. The first kappa shape index (κ1) is 20.8. The Morgan fingerprint density at radius 2 is 1.87 bits per heavy atom. The van der Waals surface area contributed by atoms with Crippen LogP contribution in [-0.2, 0) is 17.8 Å². The fraction of sp³-hybridized carbons (Fsp3) is 0.208. The maximum absolute atomic E-state index is 13.3. The molecule has 6 heteroatoms. The highest BCUT2D eigenvalue weighted by Crippen LogP contribution is 2.44. The minimum atomic E-state index is -0.401. The van der Waals surface area contributed by atoms with Gasteiger partial charge in [-0.25, -0.2) is 4.79 Å². The first-order valence-corrected chi connectivity index (χ1v) is 10.9. The van der Waals surface area contributed by atoms with Gasteiger partial charge in [-0.15, -0.1) is 0 Å². The standard InChI is InChI=1S/C24H21BrClNO3/c1-29-23-13-17-11-12-21(18-9-5-6-10-20(18)26)27(22(17)14-19(23)25)24(28)30-15-16-7-3-2-4-8-16/h2-10,13-14,21H,11-12,15H2,1H3. The Morgan fingerprint density at radius 1 is 1.13 bits per heavy atom. The van der Waals surface area contributed by atoms with Crippen LogP contribution in [0.15, 0.2) is 71.2 Å². The zero-order chi connectivity index (χ0) is 21.1. The second-order valence-corrected chi connectivity index (χ2v) is 8.36. The maximum Gasteiger partial charge on any atom is 0.415 e. The molecule has 1 aliphatic heterocycles. The molecule has 0 fully saturated rings. The van der Waals surface area contributed by atoms with Gasteiger partial charge < -0.3 is 9.47 Å². The van der Waals surface area contributed by atoms with E-state index in [0.717, 1.165) is 45.4 Å². The van der Waals surface area contributed by atoms with Crippen LogP contribution in [0.1, 0.15) is 29.2 Å². The van der Waals surface area contributed by atoms with Crippen LogP contribution in [0, 0.1) is 0 Å². The first-order chi connectivity index (χ1) is 14.6. The third-order valence-electron chi connectivity index (χ3n) is 5.28. The number of hydrogen-bond donors (Lipinski definition) is 0. The molecule has 0 spiro atoms. The van der Waals surface area contributed by atoms with Crippen LogP contribution in [0.4, 0.5) is 10.5 Å². The van der Waals surface area contributed by atoms with E-state index >= 15 is 0 Å². The van der Waals surface area contributed by atoms with Crippen molar-refractivity contribution in [3.63, 3.8) is 0 Å². The second-order valence-electron chi connectivity index (χ2n) is 7.10. The SMILES string of the molecule is COc1cc2c(cc1Br)N(C(=O)OCc1ccccc1)C(c1ccccc1Cl)CC2. The second kappa shape index (κ2) is 9.11. The molecule has 1 atom stereocenters. The van der Waals surface area contributed by atoms with Crippen LogP contribution in [0.2, 0.25) is 5.02 Å². The number of halogens is 2. The van der Waals surface area contributed by atoms with E-state index in [2.05, 4.69) is 15.9 Å². The summed E-state index contributed by atoms with van der Waals surface area (Å²) < 4.78 is 11.9. The molecular weight excluding hydrogens is 466 g/mol. The Kier molecular flexibility index (Phi) is 6.30. The monoisotopic (exact) mass is 485 g/mol. The molecule has 0 N–H and O–H groups in total. The molecule has 1 heterocycles. The highest BCUT2D eigenvalue weighted by Gasteiger charge is 2.35. The number of amides is 1. The summed E-state index contributed by atoms with van der Waals surface area (Å²) >= 11 is 10.0. The predicted molar refractivity (Wildman–Crippen MR) is 122 cm³/mol. The van der Waals surface area contributed by atoms with Crippen LogP contribution < -0.4 is 9.64 Å². The fourth-order valence-electron chi connectivity index (χ4n) is 3.81. The minimum Gasteiger partial charge on any atom is -0.496 e. The first-order valence-electron chi connectivity index (χ1n) is 9.69. The van der Waals surface area contributed by atoms with Crippen molar-refractivity contribution in [1.29, 1.82) is 0 Å². The van der Waals surface area contributed by atoms with Crippen LogP contribution in [-0.4, -0.2) is 13.2 Å². The van der Waals surface area contributed by atoms with Crippen molar-refractivity contribution in [2.45, 2.75) is 25.5 Å². The lowest BCUT2D eigenvalue weighted by Crippen LogP contribution is -2.39. The van der Waals surface area contributed by atoms with Crippen LogP contribution in [0.5, 0.6) is 5.75 Å². The summed E-state index contributed by atoms with van der Waals surface area (Å²) in [5, 5.41) is 0.638. The Bertz CT molecular complexity index is 1060. The van der Waals surface area contributed by atoms with Crippen molar-refractivity contribution in [2.75, 3.05) is 12.0 Å².